The molecule has 1 heterocycles. The van der Waals surface area contributed by atoms with Crippen molar-refractivity contribution >= 4 is 27.5 Å². The number of benzene rings is 1. The molecular weight excluding hydrogens is 325 g/mol. The zero-order chi connectivity index (χ0) is 14.5. The fraction of sp³-hybridized carbons (Fsp3) is 0.500. The number of anilines is 1. The molecule has 6 heteroatoms. The second-order valence-corrected chi connectivity index (χ2v) is 5.98. The zero-order valence-corrected chi connectivity index (χ0v) is 13.1. The van der Waals surface area contributed by atoms with Crippen molar-refractivity contribution in [3.05, 3.63) is 28.5 Å². The van der Waals surface area contributed by atoms with E-state index in [9.17, 15) is 9.18 Å². The molecule has 1 aromatic carbocycles. The van der Waals surface area contributed by atoms with Gasteiger partial charge in [0.1, 0.15) is 5.82 Å². The SMILES string of the molecule is CN1CCN(CCC(=O)Nc2cc(Br)ccc2F)CC1. The molecule has 1 aromatic rings. The lowest BCUT2D eigenvalue weighted by atomic mass is 10.2. The molecule has 110 valence electrons. The monoisotopic (exact) mass is 343 g/mol. The molecule has 0 spiro atoms. The topological polar surface area (TPSA) is 35.6 Å². The number of amides is 1. The normalized spacial score (nSPS) is 17.1. The summed E-state index contributed by atoms with van der Waals surface area (Å²) in [5, 5.41) is 2.62. The lowest BCUT2D eigenvalue weighted by Crippen LogP contribution is -2.45. The summed E-state index contributed by atoms with van der Waals surface area (Å²) in [6, 6.07) is 4.51. The van der Waals surface area contributed by atoms with Crippen LogP contribution in [0.15, 0.2) is 22.7 Å². The van der Waals surface area contributed by atoms with Gasteiger partial charge in [-0.2, -0.15) is 0 Å². The van der Waals surface area contributed by atoms with Crippen molar-refractivity contribution in [2.45, 2.75) is 6.42 Å². The Bertz CT molecular complexity index is 475. The van der Waals surface area contributed by atoms with E-state index in [2.05, 4.69) is 38.1 Å². The smallest absolute Gasteiger partial charge is 0.225 e. The predicted octanol–water partition coefficient (Wildman–Crippen LogP) is 2.16. The second kappa shape index (κ2) is 7.15. The summed E-state index contributed by atoms with van der Waals surface area (Å²) in [4.78, 5) is 16.4. The number of nitrogens with one attached hydrogen (secondary N) is 1. The molecule has 2 rings (SSSR count). The molecule has 0 aromatic heterocycles. The fourth-order valence-electron chi connectivity index (χ4n) is 2.14. The summed E-state index contributed by atoms with van der Waals surface area (Å²) in [6.45, 7) is 4.74. The third-order valence-electron chi connectivity index (χ3n) is 3.45. The van der Waals surface area contributed by atoms with E-state index in [0.717, 1.165) is 37.2 Å². The summed E-state index contributed by atoms with van der Waals surface area (Å²) in [7, 11) is 2.10. The third kappa shape index (κ3) is 4.54. The van der Waals surface area contributed by atoms with Gasteiger partial charge in [0.25, 0.3) is 0 Å². The van der Waals surface area contributed by atoms with Gasteiger partial charge < -0.3 is 15.1 Å². The number of likely N-dealkylation sites (N-methyl/N-ethyl adjacent to an activating group) is 1. The number of nitrogens with zero attached hydrogens (tertiary/aromatic N) is 2. The molecule has 0 bridgehead atoms. The molecule has 1 saturated heterocycles. The molecule has 0 aliphatic carbocycles. The molecule has 1 N–H and O–H groups in total. The van der Waals surface area contributed by atoms with E-state index < -0.39 is 5.82 Å². The van der Waals surface area contributed by atoms with Crippen molar-refractivity contribution in [2.75, 3.05) is 45.1 Å². The predicted molar refractivity (Wildman–Crippen MR) is 81.3 cm³/mol. The second-order valence-electron chi connectivity index (χ2n) is 5.07. The van der Waals surface area contributed by atoms with Gasteiger partial charge >= 0.3 is 0 Å². The molecule has 4 nitrogen and oxygen atoms in total. The minimum atomic E-state index is -0.416. The highest BCUT2D eigenvalue weighted by Crippen LogP contribution is 2.20. The van der Waals surface area contributed by atoms with Crippen molar-refractivity contribution in [3.63, 3.8) is 0 Å². The maximum Gasteiger partial charge on any atom is 0.225 e. The molecule has 20 heavy (non-hydrogen) atoms. The highest BCUT2D eigenvalue weighted by Gasteiger charge is 2.15. The highest BCUT2D eigenvalue weighted by atomic mass is 79.9. The quantitative estimate of drug-likeness (QED) is 0.909. The molecule has 0 saturated carbocycles. The molecule has 1 fully saturated rings. The minimum Gasteiger partial charge on any atom is -0.324 e. The Morgan fingerprint density at radius 2 is 2.05 bits per heavy atom. The minimum absolute atomic E-state index is 0.152. The van der Waals surface area contributed by atoms with E-state index in [1.807, 2.05) is 0 Å². The average molecular weight is 344 g/mol. The molecule has 0 unspecified atom stereocenters. The van der Waals surface area contributed by atoms with Gasteiger partial charge in [0.2, 0.25) is 5.91 Å². The molecule has 0 atom stereocenters. The Morgan fingerprint density at radius 1 is 1.35 bits per heavy atom. The van der Waals surface area contributed by atoms with Crippen LogP contribution < -0.4 is 5.32 Å². The lowest BCUT2D eigenvalue weighted by molar-refractivity contribution is -0.116. The molecule has 1 amide bonds. The van der Waals surface area contributed by atoms with Gasteiger partial charge in [-0.1, -0.05) is 15.9 Å². The van der Waals surface area contributed by atoms with Gasteiger partial charge in [-0.25, -0.2) is 4.39 Å². The van der Waals surface area contributed by atoms with E-state index >= 15 is 0 Å². The Hall–Kier alpha value is -0.980. The number of rotatable bonds is 4. The van der Waals surface area contributed by atoms with E-state index in [1.54, 1.807) is 12.1 Å². The average Bonchev–Trinajstić information content (AvgIpc) is 2.42. The first-order valence-corrected chi connectivity index (χ1v) is 7.50. The van der Waals surface area contributed by atoms with Crippen molar-refractivity contribution in [1.82, 2.24) is 9.80 Å². The number of halogens is 2. The molecule has 1 aliphatic heterocycles. The summed E-state index contributed by atoms with van der Waals surface area (Å²) in [5.41, 5.74) is 0.225. The number of carbonyl (C=O) groups excluding carboxylic acids is 1. The first-order chi connectivity index (χ1) is 9.54. The van der Waals surface area contributed by atoms with Gasteiger partial charge in [-0.15, -0.1) is 0 Å². The van der Waals surface area contributed by atoms with E-state index in [1.165, 1.54) is 6.07 Å². The lowest BCUT2D eigenvalue weighted by Gasteiger charge is -2.32. The van der Waals surface area contributed by atoms with Gasteiger partial charge in [0.15, 0.2) is 0 Å². The van der Waals surface area contributed by atoms with Gasteiger partial charge in [0, 0.05) is 43.6 Å². The maximum atomic E-state index is 13.5. The third-order valence-corrected chi connectivity index (χ3v) is 3.95. The van der Waals surface area contributed by atoms with E-state index in [0.29, 0.717) is 6.42 Å². The van der Waals surface area contributed by atoms with Crippen LogP contribution in [0.4, 0.5) is 10.1 Å². The van der Waals surface area contributed by atoms with Crippen molar-refractivity contribution in [3.8, 4) is 0 Å². The van der Waals surface area contributed by atoms with Crippen molar-refractivity contribution < 1.29 is 9.18 Å². The molecular formula is C14H19BrFN3O. The van der Waals surface area contributed by atoms with Crippen LogP contribution in [0.2, 0.25) is 0 Å². The fourth-order valence-corrected chi connectivity index (χ4v) is 2.50. The summed E-state index contributed by atoms with van der Waals surface area (Å²) < 4.78 is 14.3. The first-order valence-electron chi connectivity index (χ1n) is 6.70. The van der Waals surface area contributed by atoms with Crippen LogP contribution in [0.1, 0.15) is 6.42 Å². The van der Waals surface area contributed by atoms with Gasteiger partial charge in [-0.3, -0.25) is 4.79 Å². The Morgan fingerprint density at radius 3 is 2.75 bits per heavy atom. The Balaban J connectivity index is 1.79. The van der Waals surface area contributed by atoms with Crippen LogP contribution in [0.3, 0.4) is 0 Å². The Kier molecular flexibility index (Phi) is 5.51. The van der Waals surface area contributed by atoms with Gasteiger partial charge in [-0.05, 0) is 25.2 Å². The van der Waals surface area contributed by atoms with Crippen LogP contribution >= 0.6 is 15.9 Å². The number of carbonyl (C=O) groups is 1. The van der Waals surface area contributed by atoms with Gasteiger partial charge in [0.05, 0.1) is 5.69 Å². The largest absolute Gasteiger partial charge is 0.324 e. The Labute approximate surface area is 127 Å². The van der Waals surface area contributed by atoms with Crippen LogP contribution in [0.25, 0.3) is 0 Å². The number of hydrogen-bond acceptors (Lipinski definition) is 3. The standard InChI is InChI=1S/C14H19BrFN3O/c1-18-6-8-19(9-7-18)5-4-14(20)17-13-10-11(15)2-3-12(13)16/h2-3,10H,4-9H2,1H3,(H,17,20). The van der Waals surface area contributed by atoms with E-state index in [4.69, 9.17) is 0 Å². The van der Waals surface area contributed by atoms with Crippen LogP contribution in [0, 0.1) is 5.82 Å². The number of piperazine rings is 1. The molecule has 1 aliphatic rings. The van der Waals surface area contributed by atoms with Crippen LogP contribution in [-0.4, -0.2) is 55.5 Å². The van der Waals surface area contributed by atoms with Crippen LogP contribution in [0.5, 0.6) is 0 Å². The zero-order valence-electron chi connectivity index (χ0n) is 11.5. The molecule has 0 radical (unpaired) electrons. The first kappa shape index (κ1) is 15.4. The summed E-state index contributed by atoms with van der Waals surface area (Å²) in [5.74, 6) is -0.568. The number of hydrogen-bond donors (Lipinski definition) is 1. The maximum absolute atomic E-state index is 13.5. The summed E-state index contributed by atoms with van der Waals surface area (Å²) >= 11 is 3.26. The highest BCUT2D eigenvalue weighted by molar-refractivity contribution is 9.10. The van der Waals surface area contributed by atoms with Crippen LogP contribution in [-0.2, 0) is 4.79 Å². The summed E-state index contributed by atoms with van der Waals surface area (Å²) in [6.07, 6.45) is 0.385. The van der Waals surface area contributed by atoms with Crippen molar-refractivity contribution in [1.29, 1.82) is 0 Å². The van der Waals surface area contributed by atoms with Crippen molar-refractivity contribution in [2.24, 2.45) is 0 Å². The van der Waals surface area contributed by atoms with E-state index in [-0.39, 0.29) is 11.6 Å².